The van der Waals surface area contributed by atoms with Gasteiger partial charge in [-0.1, -0.05) is 15.9 Å². The monoisotopic (exact) mass is 339 g/mol. The largest absolute Gasteiger partial charge is 0.331 e. The van der Waals surface area contributed by atoms with Gasteiger partial charge in [-0.2, -0.15) is 0 Å². The van der Waals surface area contributed by atoms with E-state index >= 15 is 0 Å². The number of urea groups is 1. The van der Waals surface area contributed by atoms with Crippen LogP contribution in [0.1, 0.15) is 12.0 Å². The fourth-order valence-electron chi connectivity index (χ4n) is 2.15. The number of aryl methyl sites for hydroxylation is 1. The Morgan fingerprint density at radius 3 is 2.75 bits per heavy atom. The summed E-state index contributed by atoms with van der Waals surface area (Å²) in [5.74, 6) is -0.0538. The highest BCUT2D eigenvalue weighted by Crippen LogP contribution is 2.26. The number of nitrogens with one attached hydrogen (secondary N) is 1. The molecule has 6 heteroatoms. The molecule has 0 saturated carbocycles. The molecule has 1 fully saturated rings. The third-order valence-electron chi connectivity index (χ3n) is 3.36. The number of anilines is 1. The summed E-state index contributed by atoms with van der Waals surface area (Å²) in [6.45, 7) is 2.61. The minimum absolute atomic E-state index is 0.0538. The Hall–Kier alpha value is -1.56. The van der Waals surface area contributed by atoms with Crippen molar-refractivity contribution in [1.82, 2.24) is 10.2 Å². The summed E-state index contributed by atoms with van der Waals surface area (Å²) in [5.41, 5.74) is 1.95. The molecular weight excluding hydrogens is 322 g/mol. The van der Waals surface area contributed by atoms with Gasteiger partial charge in [-0.25, -0.2) is 4.79 Å². The number of nitrogens with zero attached hydrogens (tertiary/aromatic N) is 2. The number of carbonyl (C=O) groups is 2. The molecule has 20 heavy (non-hydrogen) atoms. The molecule has 0 radical (unpaired) electrons. The lowest BCUT2D eigenvalue weighted by atomic mass is 10.2. The number of halogens is 1. The molecule has 3 amide bonds. The highest BCUT2D eigenvalue weighted by Gasteiger charge is 2.33. The molecule has 1 saturated heterocycles. The van der Waals surface area contributed by atoms with Gasteiger partial charge in [-0.15, -0.1) is 0 Å². The molecule has 1 atom stereocenters. The Morgan fingerprint density at radius 2 is 2.15 bits per heavy atom. The maximum atomic E-state index is 12.3. The number of benzene rings is 1. The van der Waals surface area contributed by atoms with Crippen molar-refractivity contribution in [2.75, 3.05) is 25.5 Å². The molecule has 1 aromatic carbocycles. The van der Waals surface area contributed by atoms with Gasteiger partial charge >= 0.3 is 6.03 Å². The summed E-state index contributed by atoms with van der Waals surface area (Å²) in [6, 6.07) is 5.14. The summed E-state index contributed by atoms with van der Waals surface area (Å²) >= 11 is 3.45. The van der Waals surface area contributed by atoms with E-state index in [9.17, 15) is 9.59 Å². The molecule has 1 unspecified atom stereocenters. The molecule has 1 N–H and O–H groups in total. The summed E-state index contributed by atoms with van der Waals surface area (Å²) in [4.78, 5) is 27.1. The van der Waals surface area contributed by atoms with Crippen LogP contribution in [0.5, 0.6) is 0 Å². The van der Waals surface area contributed by atoms with E-state index in [-0.39, 0.29) is 11.9 Å². The van der Waals surface area contributed by atoms with E-state index in [4.69, 9.17) is 0 Å². The fraction of sp³-hybridized carbons (Fsp3) is 0.429. The number of hydrogen-bond acceptors (Lipinski definition) is 2. The van der Waals surface area contributed by atoms with Gasteiger partial charge < -0.3 is 15.1 Å². The molecule has 1 aliphatic heterocycles. The quantitative estimate of drug-likeness (QED) is 0.897. The van der Waals surface area contributed by atoms with Crippen LogP contribution in [-0.2, 0) is 4.79 Å². The number of rotatable bonds is 2. The molecule has 1 heterocycles. The van der Waals surface area contributed by atoms with Gasteiger partial charge in [0.05, 0.1) is 0 Å². The Labute approximate surface area is 127 Å². The van der Waals surface area contributed by atoms with Gasteiger partial charge in [0.2, 0.25) is 5.91 Å². The van der Waals surface area contributed by atoms with E-state index in [2.05, 4.69) is 21.2 Å². The second kappa shape index (κ2) is 5.83. The van der Waals surface area contributed by atoms with Crippen LogP contribution < -0.4 is 10.2 Å². The molecule has 1 aromatic rings. The minimum atomic E-state index is -0.436. The molecule has 0 aromatic heterocycles. The SMILES string of the molecule is Cc1cc(N2CCC(NC(=O)N(C)C)C2=O)ccc1Br. The number of hydrogen-bond donors (Lipinski definition) is 1. The zero-order chi connectivity index (χ0) is 14.9. The van der Waals surface area contributed by atoms with Gasteiger partial charge in [0, 0.05) is 30.8 Å². The third kappa shape index (κ3) is 2.95. The van der Waals surface area contributed by atoms with Crippen molar-refractivity contribution in [3.8, 4) is 0 Å². The molecule has 0 spiro atoms. The first-order chi connectivity index (χ1) is 9.40. The maximum Gasteiger partial charge on any atom is 0.317 e. The Balaban J connectivity index is 2.11. The molecule has 1 aliphatic rings. The van der Waals surface area contributed by atoms with E-state index in [0.717, 1.165) is 15.7 Å². The third-order valence-corrected chi connectivity index (χ3v) is 4.25. The van der Waals surface area contributed by atoms with Crippen LogP contribution >= 0.6 is 15.9 Å². The van der Waals surface area contributed by atoms with Gasteiger partial charge in [-0.05, 0) is 37.1 Å². The maximum absolute atomic E-state index is 12.3. The molecule has 0 bridgehead atoms. The lowest BCUT2D eigenvalue weighted by molar-refractivity contribution is -0.118. The van der Waals surface area contributed by atoms with Crippen molar-refractivity contribution < 1.29 is 9.59 Å². The summed E-state index contributed by atoms with van der Waals surface area (Å²) < 4.78 is 1.02. The summed E-state index contributed by atoms with van der Waals surface area (Å²) in [7, 11) is 3.31. The zero-order valence-electron chi connectivity index (χ0n) is 11.8. The average molecular weight is 340 g/mol. The van der Waals surface area contributed by atoms with Crippen molar-refractivity contribution in [3.63, 3.8) is 0 Å². The van der Waals surface area contributed by atoms with Gasteiger partial charge in [-0.3, -0.25) is 4.79 Å². The van der Waals surface area contributed by atoms with Gasteiger partial charge in [0.25, 0.3) is 0 Å². The van der Waals surface area contributed by atoms with Crippen LogP contribution in [0.3, 0.4) is 0 Å². The highest BCUT2D eigenvalue weighted by molar-refractivity contribution is 9.10. The van der Waals surface area contributed by atoms with E-state index in [1.165, 1.54) is 4.90 Å². The first-order valence-electron chi connectivity index (χ1n) is 6.45. The molecular formula is C14H18BrN3O2. The lowest BCUT2D eigenvalue weighted by Gasteiger charge is -2.19. The Kier molecular flexibility index (Phi) is 4.32. The Bertz CT molecular complexity index is 545. The molecule has 2 rings (SSSR count). The predicted octanol–water partition coefficient (Wildman–Crippen LogP) is 2.13. The van der Waals surface area contributed by atoms with E-state index in [1.807, 2.05) is 25.1 Å². The van der Waals surface area contributed by atoms with E-state index in [0.29, 0.717) is 13.0 Å². The van der Waals surface area contributed by atoms with Crippen LogP contribution in [0.4, 0.5) is 10.5 Å². The van der Waals surface area contributed by atoms with Crippen molar-refractivity contribution in [2.45, 2.75) is 19.4 Å². The molecule has 5 nitrogen and oxygen atoms in total. The highest BCUT2D eigenvalue weighted by atomic mass is 79.9. The minimum Gasteiger partial charge on any atom is -0.331 e. The summed E-state index contributed by atoms with van der Waals surface area (Å²) in [6.07, 6.45) is 0.632. The van der Waals surface area contributed by atoms with E-state index < -0.39 is 6.04 Å². The van der Waals surface area contributed by atoms with Crippen molar-refractivity contribution in [3.05, 3.63) is 28.2 Å². The smallest absolute Gasteiger partial charge is 0.317 e. The second-order valence-electron chi connectivity index (χ2n) is 5.11. The number of amides is 3. The first kappa shape index (κ1) is 14.8. The topological polar surface area (TPSA) is 52.7 Å². The van der Waals surface area contributed by atoms with Crippen molar-refractivity contribution in [2.24, 2.45) is 0 Å². The standard InChI is InChI=1S/C14H18BrN3O2/c1-9-8-10(4-5-11(9)15)18-7-6-12(13(18)19)16-14(20)17(2)3/h4-5,8,12H,6-7H2,1-3H3,(H,16,20). The second-order valence-corrected chi connectivity index (χ2v) is 5.96. The van der Waals surface area contributed by atoms with Crippen LogP contribution in [0.15, 0.2) is 22.7 Å². The zero-order valence-corrected chi connectivity index (χ0v) is 13.4. The normalized spacial score (nSPS) is 18.3. The molecule has 0 aliphatic carbocycles. The number of carbonyl (C=O) groups excluding carboxylic acids is 2. The van der Waals surface area contributed by atoms with Gasteiger partial charge in [0.15, 0.2) is 0 Å². The van der Waals surface area contributed by atoms with Crippen LogP contribution in [0.2, 0.25) is 0 Å². The average Bonchev–Trinajstić information content (AvgIpc) is 2.74. The fourth-order valence-corrected chi connectivity index (χ4v) is 2.39. The van der Waals surface area contributed by atoms with Crippen LogP contribution in [0, 0.1) is 6.92 Å². The predicted molar refractivity (Wildman–Crippen MR) is 81.9 cm³/mol. The van der Waals surface area contributed by atoms with E-state index in [1.54, 1.807) is 19.0 Å². The first-order valence-corrected chi connectivity index (χ1v) is 7.25. The van der Waals surface area contributed by atoms with Crippen LogP contribution in [0.25, 0.3) is 0 Å². The Morgan fingerprint density at radius 1 is 1.45 bits per heavy atom. The van der Waals surface area contributed by atoms with Crippen molar-refractivity contribution in [1.29, 1.82) is 0 Å². The lowest BCUT2D eigenvalue weighted by Crippen LogP contribution is -2.45. The molecule has 108 valence electrons. The van der Waals surface area contributed by atoms with Crippen molar-refractivity contribution >= 4 is 33.6 Å². The van der Waals surface area contributed by atoms with Crippen LogP contribution in [-0.4, -0.2) is 43.5 Å². The van der Waals surface area contributed by atoms with Gasteiger partial charge in [0.1, 0.15) is 6.04 Å². The summed E-state index contributed by atoms with van der Waals surface area (Å²) in [5, 5.41) is 2.74.